The van der Waals surface area contributed by atoms with Crippen molar-refractivity contribution in [2.75, 3.05) is 31.6 Å². The second kappa shape index (κ2) is 13.7. The summed E-state index contributed by atoms with van der Waals surface area (Å²) in [4.78, 5) is 19.8. The van der Waals surface area contributed by atoms with Crippen LogP contribution in [0.2, 0.25) is 5.02 Å². The van der Waals surface area contributed by atoms with Crippen molar-refractivity contribution in [3.8, 4) is 5.75 Å². The van der Waals surface area contributed by atoms with Crippen LogP contribution in [0.15, 0.2) is 78.2 Å². The summed E-state index contributed by atoms with van der Waals surface area (Å²) in [5.74, 6) is 0.529. The van der Waals surface area contributed by atoms with Gasteiger partial charge in [0.1, 0.15) is 18.1 Å². The number of thiazole rings is 1. The maximum atomic E-state index is 12.8. The van der Waals surface area contributed by atoms with E-state index < -0.39 is 0 Å². The summed E-state index contributed by atoms with van der Waals surface area (Å²) < 4.78 is 11.5. The van der Waals surface area contributed by atoms with Gasteiger partial charge in [0.25, 0.3) is 5.91 Å². The second-order valence-electron chi connectivity index (χ2n) is 8.87. The van der Waals surface area contributed by atoms with Crippen LogP contribution in [0.3, 0.4) is 0 Å². The van der Waals surface area contributed by atoms with E-state index in [1.807, 2.05) is 72.8 Å². The van der Waals surface area contributed by atoms with E-state index in [1.165, 1.54) is 16.9 Å². The number of hydrogen-bond acceptors (Lipinski definition) is 6. The third kappa shape index (κ3) is 7.79. The van der Waals surface area contributed by atoms with Gasteiger partial charge >= 0.3 is 0 Å². The molecule has 198 valence electrons. The Bertz CT molecular complexity index is 1330. The van der Waals surface area contributed by atoms with Crippen LogP contribution in [-0.4, -0.2) is 42.1 Å². The molecule has 0 spiro atoms. The summed E-state index contributed by atoms with van der Waals surface area (Å²) >= 11 is 7.71. The maximum absolute atomic E-state index is 12.8. The first-order valence-corrected chi connectivity index (χ1v) is 13.5. The summed E-state index contributed by atoms with van der Waals surface area (Å²) in [6, 6.07) is 23.6. The number of ether oxygens (including phenoxy) is 2. The molecule has 0 saturated carbocycles. The Morgan fingerprint density at radius 1 is 1.03 bits per heavy atom. The molecule has 1 aliphatic heterocycles. The van der Waals surface area contributed by atoms with E-state index in [2.05, 4.69) is 15.2 Å². The molecule has 38 heavy (non-hydrogen) atoms. The van der Waals surface area contributed by atoms with Gasteiger partial charge in [0.05, 0.1) is 18.2 Å². The zero-order valence-electron chi connectivity index (χ0n) is 20.8. The molecule has 0 bridgehead atoms. The largest absolute Gasteiger partial charge is 0.489 e. The van der Waals surface area contributed by atoms with Gasteiger partial charge in [-0.3, -0.25) is 9.69 Å². The van der Waals surface area contributed by atoms with E-state index >= 15 is 0 Å². The van der Waals surface area contributed by atoms with Crippen LogP contribution in [0.5, 0.6) is 5.75 Å². The summed E-state index contributed by atoms with van der Waals surface area (Å²) in [7, 11) is 0. The molecule has 9 heteroatoms. The summed E-state index contributed by atoms with van der Waals surface area (Å²) in [5.41, 5.74) is 4.37. The lowest BCUT2D eigenvalue weighted by Crippen LogP contribution is -2.35. The van der Waals surface area contributed by atoms with Gasteiger partial charge in [-0.25, -0.2) is 4.98 Å². The Morgan fingerprint density at radius 3 is 2.55 bits per heavy atom. The van der Waals surface area contributed by atoms with Crippen LogP contribution in [0.1, 0.15) is 32.2 Å². The standard InChI is InChI=1S/C29H28ClN3O3S.ClH/c30-24-8-11-27(36-19-22-4-2-1-3-5-22)23(16-24)17-28-32-26(20-37-28)29(34)31-25-9-6-21(7-10-25)18-33-12-14-35-15-13-33;/h1-11,16,20H,12-15,17-19H2,(H,31,34);1H. The van der Waals surface area contributed by atoms with E-state index in [0.717, 1.165) is 60.4 Å². The van der Waals surface area contributed by atoms with Crippen molar-refractivity contribution in [1.29, 1.82) is 0 Å². The summed E-state index contributed by atoms with van der Waals surface area (Å²) in [6.45, 7) is 4.80. The van der Waals surface area contributed by atoms with Crippen LogP contribution in [-0.2, 0) is 24.3 Å². The van der Waals surface area contributed by atoms with E-state index in [0.29, 0.717) is 23.7 Å². The van der Waals surface area contributed by atoms with Gasteiger partial charge in [0, 0.05) is 47.7 Å². The fraction of sp³-hybridized carbons (Fsp3) is 0.241. The van der Waals surface area contributed by atoms with E-state index in [9.17, 15) is 4.79 Å². The number of nitrogens with one attached hydrogen (secondary N) is 1. The number of benzene rings is 3. The fourth-order valence-corrected chi connectivity index (χ4v) is 5.12. The predicted molar refractivity (Wildman–Crippen MR) is 155 cm³/mol. The van der Waals surface area contributed by atoms with Gasteiger partial charge in [-0.05, 0) is 41.5 Å². The Hall–Kier alpha value is -2.94. The molecule has 0 aliphatic carbocycles. The Labute approximate surface area is 238 Å². The first-order valence-electron chi connectivity index (χ1n) is 12.2. The molecule has 0 radical (unpaired) electrons. The maximum Gasteiger partial charge on any atom is 0.275 e. The highest BCUT2D eigenvalue weighted by atomic mass is 35.5. The zero-order chi connectivity index (χ0) is 25.5. The average molecular weight is 571 g/mol. The van der Waals surface area contributed by atoms with Gasteiger partial charge in [-0.1, -0.05) is 54.1 Å². The molecular formula is C29H29Cl2N3O3S. The van der Waals surface area contributed by atoms with Crippen molar-refractivity contribution < 1.29 is 14.3 Å². The number of anilines is 1. The smallest absolute Gasteiger partial charge is 0.275 e. The molecule has 1 saturated heterocycles. The molecule has 0 atom stereocenters. The lowest BCUT2D eigenvalue weighted by molar-refractivity contribution is 0.0342. The van der Waals surface area contributed by atoms with E-state index in [-0.39, 0.29) is 18.3 Å². The molecule has 1 fully saturated rings. The van der Waals surface area contributed by atoms with E-state index in [4.69, 9.17) is 21.1 Å². The molecule has 4 aromatic rings. The van der Waals surface area contributed by atoms with Crippen LogP contribution in [0, 0.1) is 0 Å². The zero-order valence-corrected chi connectivity index (χ0v) is 23.2. The quantitative estimate of drug-likeness (QED) is 0.250. The molecule has 1 N–H and O–H groups in total. The van der Waals surface area contributed by atoms with E-state index in [1.54, 1.807) is 5.38 Å². The van der Waals surface area contributed by atoms with Crippen molar-refractivity contribution in [2.45, 2.75) is 19.6 Å². The number of nitrogens with zero attached hydrogens (tertiary/aromatic N) is 2. The number of rotatable bonds is 9. The topological polar surface area (TPSA) is 63.7 Å². The number of amides is 1. The molecule has 5 rings (SSSR count). The monoisotopic (exact) mass is 569 g/mol. The first kappa shape index (κ1) is 28.1. The summed E-state index contributed by atoms with van der Waals surface area (Å²) in [5, 5.41) is 6.19. The van der Waals surface area contributed by atoms with Crippen LogP contribution < -0.4 is 10.1 Å². The first-order chi connectivity index (χ1) is 18.1. The summed E-state index contributed by atoms with van der Waals surface area (Å²) in [6.07, 6.45) is 0.527. The third-order valence-corrected chi connectivity index (χ3v) is 7.19. The van der Waals surface area contributed by atoms with Gasteiger partial charge in [0.2, 0.25) is 0 Å². The van der Waals surface area contributed by atoms with Crippen molar-refractivity contribution in [3.63, 3.8) is 0 Å². The number of hydrogen-bond donors (Lipinski definition) is 1. The van der Waals surface area contributed by atoms with Gasteiger partial charge in [-0.15, -0.1) is 23.7 Å². The molecule has 1 amide bonds. The fourth-order valence-electron chi connectivity index (χ4n) is 4.13. The van der Waals surface area contributed by atoms with Crippen molar-refractivity contribution in [1.82, 2.24) is 9.88 Å². The highest BCUT2D eigenvalue weighted by Crippen LogP contribution is 2.27. The predicted octanol–water partition coefficient (Wildman–Crippen LogP) is 6.47. The number of morpholine rings is 1. The lowest BCUT2D eigenvalue weighted by atomic mass is 10.1. The minimum atomic E-state index is -0.227. The van der Waals surface area contributed by atoms with Gasteiger partial charge in [-0.2, -0.15) is 0 Å². The number of carbonyl (C=O) groups is 1. The number of halogens is 2. The normalized spacial score (nSPS) is 13.5. The third-order valence-electron chi connectivity index (χ3n) is 6.11. The minimum Gasteiger partial charge on any atom is -0.489 e. The van der Waals surface area contributed by atoms with Crippen molar-refractivity contribution >= 4 is 46.9 Å². The number of carbonyl (C=O) groups excluding carboxylic acids is 1. The number of aromatic nitrogens is 1. The average Bonchev–Trinajstić information content (AvgIpc) is 3.39. The molecule has 0 unspecified atom stereocenters. The molecule has 1 aromatic heterocycles. The van der Waals surface area contributed by atoms with Crippen LogP contribution in [0.4, 0.5) is 5.69 Å². The molecule has 6 nitrogen and oxygen atoms in total. The molecule has 2 heterocycles. The molecule has 1 aliphatic rings. The Kier molecular flexibility index (Phi) is 10.1. The minimum absolute atomic E-state index is 0. The van der Waals surface area contributed by atoms with Crippen LogP contribution in [0.25, 0.3) is 0 Å². The Balaban J connectivity index is 0.00000336. The van der Waals surface area contributed by atoms with Crippen molar-refractivity contribution in [2.24, 2.45) is 0 Å². The highest BCUT2D eigenvalue weighted by Gasteiger charge is 2.15. The molecular weight excluding hydrogens is 541 g/mol. The molecule has 3 aromatic carbocycles. The second-order valence-corrected chi connectivity index (χ2v) is 10.2. The lowest BCUT2D eigenvalue weighted by Gasteiger charge is -2.26. The highest BCUT2D eigenvalue weighted by molar-refractivity contribution is 7.09. The SMILES string of the molecule is Cl.O=C(Nc1ccc(CN2CCOCC2)cc1)c1csc(Cc2cc(Cl)ccc2OCc2ccccc2)n1. The van der Waals surface area contributed by atoms with Crippen LogP contribution >= 0.6 is 35.3 Å². The van der Waals surface area contributed by atoms with Gasteiger partial charge < -0.3 is 14.8 Å². The van der Waals surface area contributed by atoms with Gasteiger partial charge in [0.15, 0.2) is 0 Å². The Morgan fingerprint density at radius 2 is 1.79 bits per heavy atom. The van der Waals surface area contributed by atoms with Crippen molar-refractivity contribution in [3.05, 3.63) is 111 Å².